The van der Waals surface area contributed by atoms with Gasteiger partial charge in [0, 0.05) is 17.9 Å². The summed E-state index contributed by atoms with van der Waals surface area (Å²) in [5.41, 5.74) is -2.98. The molecule has 0 amide bonds. The van der Waals surface area contributed by atoms with Gasteiger partial charge in [-0.05, 0) is 30.3 Å². The van der Waals surface area contributed by atoms with E-state index < -0.39 is 61.6 Å². The lowest BCUT2D eigenvalue weighted by atomic mass is 10.1. The van der Waals surface area contributed by atoms with Gasteiger partial charge < -0.3 is 4.74 Å². The van der Waals surface area contributed by atoms with Crippen LogP contribution in [0.15, 0.2) is 47.4 Å². The molecule has 0 aliphatic heterocycles. The van der Waals surface area contributed by atoms with Gasteiger partial charge in [0.25, 0.3) is 0 Å². The van der Waals surface area contributed by atoms with E-state index >= 15 is 0 Å². The van der Waals surface area contributed by atoms with Crippen LogP contribution in [0.2, 0.25) is 0 Å². The number of aromatic nitrogens is 2. The molecule has 0 atom stereocenters. The normalized spacial score (nSPS) is 12.8. The predicted molar refractivity (Wildman–Crippen MR) is 93.7 cm³/mol. The number of rotatable bonds is 4. The first kappa shape index (κ1) is 23.5. The second-order valence-electron chi connectivity index (χ2n) is 6.41. The Morgan fingerprint density at radius 1 is 0.938 bits per heavy atom. The third-order valence-corrected chi connectivity index (χ3v) is 5.09. The van der Waals surface area contributed by atoms with E-state index in [-0.39, 0.29) is 5.69 Å². The largest absolute Gasteiger partial charge is 0.573 e. The number of benzene rings is 2. The fourth-order valence-corrected chi connectivity index (χ4v) is 3.62. The SMILES string of the molecule is CS(=O)(=O)c1c(F)cc(-c2cc(C(F)(F)F)nn2-c2cccc(OC(F)(F)F)c2)cc1F. The predicted octanol–water partition coefficient (Wildman–Crippen LogP) is 5.14. The molecular formula is C18H10F8N2O3S. The highest BCUT2D eigenvalue weighted by Crippen LogP contribution is 2.35. The van der Waals surface area contributed by atoms with Crippen LogP contribution in [-0.4, -0.2) is 30.8 Å². The molecule has 0 fully saturated rings. The molecule has 0 aliphatic rings. The smallest absolute Gasteiger partial charge is 0.406 e. The van der Waals surface area contributed by atoms with Crippen molar-refractivity contribution in [1.29, 1.82) is 0 Å². The van der Waals surface area contributed by atoms with Crippen LogP contribution in [0.3, 0.4) is 0 Å². The van der Waals surface area contributed by atoms with E-state index in [9.17, 15) is 43.5 Å². The third kappa shape index (κ3) is 5.00. The van der Waals surface area contributed by atoms with Crippen molar-refractivity contribution in [3.8, 4) is 22.7 Å². The standard InChI is InChI=1S/C18H10F8N2O3S/c1-32(29,30)16-12(19)5-9(6-13(16)20)14-8-15(17(21,22)23)27-28(14)10-3-2-4-11(7-10)31-18(24,25)26/h2-8H,1H3. The molecule has 0 unspecified atom stereocenters. The molecule has 0 aliphatic carbocycles. The number of sulfone groups is 1. The van der Waals surface area contributed by atoms with Gasteiger partial charge in [0.1, 0.15) is 22.3 Å². The molecule has 2 aromatic carbocycles. The Morgan fingerprint density at radius 3 is 2.03 bits per heavy atom. The summed E-state index contributed by atoms with van der Waals surface area (Å²) in [7, 11) is -4.34. The van der Waals surface area contributed by atoms with Crippen LogP contribution in [0.5, 0.6) is 5.75 Å². The fourth-order valence-electron chi connectivity index (χ4n) is 2.80. The van der Waals surface area contributed by atoms with Gasteiger partial charge in [-0.15, -0.1) is 13.2 Å². The highest BCUT2D eigenvalue weighted by atomic mass is 32.2. The Bertz CT molecular complexity index is 1260. The highest BCUT2D eigenvalue weighted by Gasteiger charge is 2.36. The Morgan fingerprint density at radius 2 is 1.53 bits per heavy atom. The summed E-state index contributed by atoms with van der Waals surface area (Å²) >= 11 is 0. The van der Waals surface area contributed by atoms with E-state index in [1.54, 1.807) is 0 Å². The first-order chi connectivity index (χ1) is 14.6. The van der Waals surface area contributed by atoms with Crippen molar-refractivity contribution in [1.82, 2.24) is 9.78 Å². The minimum absolute atomic E-state index is 0.356. The Hall–Kier alpha value is -3.16. The molecule has 0 radical (unpaired) electrons. The highest BCUT2D eigenvalue weighted by molar-refractivity contribution is 7.90. The monoisotopic (exact) mass is 486 g/mol. The summed E-state index contributed by atoms with van der Waals surface area (Å²) in [5, 5.41) is 3.29. The van der Waals surface area contributed by atoms with Gasteiger partial charge in [-0.25, -0.2) is 21.9 Å². The molecular weight excluding hydrogens is 476 g/mol. The van der Waals surface area contributed by atoms with Crippen LogP contribution in [0, 0.1) is 11.6 Å². The van der Waals surface area contributed by atoms with Gasteiger partial charge in [0.15, 0.2) is 15.5 Å². The maximum Gasteiger partial charge on any atom is 0.573 e. The van der Waals surface area contributed by atoms with E-state index in [0.29, 0.717) is 35.2 Å². The fraction of sp³-hybridized carbons (Fsp3) is 0.167. The molecule has 5 nitrogen and oxygen atoms in total. The minimum atomic E-state index is -5.09. The first-order valence-corrected chi connectivity index (χ1v) is 10.2. The zero-order valence-electron chi connectivity index (χ0n) is 15.6. The lowest BCUT2D eigenvalue weighted by Gasteiger charge is -2.12. The quantitative estimate of drug-likeness (QED) is 0.480. The summed E-state index contributed by atoms with van der Waals surface area (Å²) in [6.45, 7) is 0. The van der Waals surface area contributed by atoms with Crippen LogP contribution in [-0.2, 0) is 16.0 Å². The van der Waals surface area contributed by atoms with Crippen molar-refractivity contribution in [2.24, 2.45) is 0 Å². The van der Waals surface area contributed by atoms with Crippen LogP contribution in [0.25, 0.3) is 16.9 Å². The molecule has 172 valence electrons. The van der Waals surface area contributed by atoms with Crippen molar-refractivity contribution < 1.29 is 48.3 Å². The van der Waals surface area contributed by atoms with Gasteiger partial charge in [0.2, 0.25) is 0 Å². The summed E-state index contributed by atoms with van der Waals surface area (Å²) in [6, 6.07) is 5.06. The lowest BCUT2D eigenvalue weighted by molar-refractivity contribution is -0.274. The number of hydrogen-bond donors (Lipinski definition) is 0. The van der Waals surface area contributed by atoms with Crippen molar-refractivity contribution in [3.63, 3.8) is 0 Å². The number of ether oxygens (including phenoxy) is 1. The van der Waals surface area contributed by atoms with E-state index in [4.69, 9.17) is 0 Å². The third-order valence-electron chi connectivity index (χ3n) is 3.96. The molecule has 0 bridgehead atoms. The summed E-state index contributed by atoms with van der Waals surface area (Å²) in [4.78, 5) is -1.29. The van der Waals surface area contributed by atoms with Gasteiger partial charge in [-0.1, -0.05) is 6.07 Å². The average molecular weight is 486 g/mol. The second kappa shape index (κ2) is 7.76. The van der Waals surface area contributed by atoms with Crippen molar-refractivity contribution in [3.05, 3.63) is 59.8 Å². The molecule has 14 heteroatoms. The van der Waals surface area contributed by atoms with E-state index in [2.05, 4.69) is 9.84 Å². The Labute approximate surface area is 174 Å². The maximum atomic E-state index is 14.3. The molecule has 32 heavy (non-hydrogen) atoms. The number of nitrogens with zero attached hydrogens (tertiary/aromatic N) is 2. The molecule has 0 saturated heterocycles. The molecule has 0 saturated carbocycles. The van der Waals surface area contributed by atoms with Crippen LogP contribution >= 0.6 is 0 Å². The molecule has 3 rings (SSSR count). The van der Waals surface area contributed by atoms with Crippen molar-refractivity contribution in [2.45, 2.75) is 17.4 Å². The minimum Gasteiger partial charge on any atom is -0.406 e. The maximum absolute atomic E-state index is 14.3. The average Bonchev–Trinajstić information content (AvgIpc) is 3.04. The lowest BCUT2D eigenvalue weighted by Crippen LogP contribution is -2.17. The molecule has 0 N–H and O–H groups in total. The Kier molecular flexibility index (Phi) is 5.70. The van der Waals surface area contributed by atoms with Gasteiger partial charge in [-0.3, -0.25) is 0 Å². The summed E-state index contributed by atoms with van der Waals surface area (Å²) in [5.74, 6) is -3.93. The van der Waals surface area contributed by atoms with Crippen molar-refractivity contribution >= 4 is 9.84 Å². The Balaban J connectivity index is 2.23. The number of alkyl halides is 6. The number of halogens is 8. The van der Waals surface area contributed by atoms with Crippen LogP contribution in [0.4, 0.5) is 35.1 Å². The molecule has 1 aromatic heterocycles. The summed E-state index contributed by atoms with van der Waals surface area (Å²) < 4.78 is 133. The molecule has 3 aromatic rings. The molecule has 1 heterocycles. The topological polar surface area (TPSA) is 61.2 Å². The summed E-state index contributed by atoms with van der Waals surface area (Å²) in [6.07, 6.45) is -9.56. The van der Waals surface area contributed by atoms with E-state index in [1.165, 1.54) is 0 Å². The van der Waals surface area contributed by atoms with Gasteiger partial charge in [0.05, 0.1) is 11.4 Å². The number of hydrogen-bond acceptors (Lipinski definition) is 4. The second-order valence-corrected chi connectivity index (χ2v) is 8.36. The van der Waals surface area contributed by atoms with Crippen LogP contribution < -0.4 is 4.74 Å². The first-order valence-electron chi connectivity index (χ1n) is 8.29. The van der Waals surface area contributed by atoms with Gasteiger partial charge >= 0.3 is 12.5 Å². The van der Waals surface area contributed by atoms with Crippen molar-refractivity contribution in [2.75, 3.05) is 6.26 Å². The zero-order valence-corrected chi connectivity index (χ0v) is 16.4. The van der Waals surface area contributed by atoms with E-state index in [1.807, 2.05) is 0 Å². The van der Waals surface area contributed by atoms with Gasteiger partial charge in [-0.2, -0.15) is 18.3 Å². The zero-order chi connectivity index (χ0) is 24.1. The molecule has 0 spiro atoms. The van der Waals surface area contributed by atoms with Crippen LogP contribution in [0.1, 0.15) is 5.69 Å². The van der Waals surface area contributed by atoms with E-state index in [0.717, 1.165) is 18.2 Å².